The van der Waals surface area contributed by atoms with Crippen LogP contribution in [-0.4, -0.2) is 58.5 Å². The molecule has 4 rings (SSSR count). The number of nitrogen functional groups attached to an aromatic ring is 1. The molecule has 3 aromatic rings. The van der Waals surface area contributed by atoms with E-state index in [-0.39, 0.29) is 59.2 Å². The molecule has 0 radical (unpaired) electrons. The van der Waals surface area contributed by atoms with Gasteiger partial charge in [-0.15, -0.1) is 0 Å². The van der Waals surface area contributed by atoms with Crippen molar-refractivity contribution < 1.29 is 22.7 Å². The molecule has 44 heavy (non-hydrogen) atoms. The van der Waals surface area contributed by atoms with Gasteiger partial charge in [-0.3, -0.25) is 24.3 Å². The number of carbonyl (C=O) groups is 2. The van der Waals surface area contributed by atoms with Crippen molar-refractivity contribution in [3.05, 3.63) is 106 Å². The topological polar surface area (TPSA) is 167 Å². The number of nitrogens with one attached hydrogen (secondary N) is 3. The van der Waals surface area contributed by atoms with E-state index in [9.17, 15) is 18.0 Å². The van der Waals surface area contributed by atoms with E-state index in [4.69, 9.17) is 27.5 Å². The highest BCUT2D eigenvalue weighted by atomic mass is 35.5. The quantitative estimate of drug-likeness (QED) is 0.166. The number of nitrogens with zero attached hydrogens (tertiary/aromatic N) is 2. The molecule has 0 spiro atoms. The fourth-order valence-electron chi connectivity index (χ4n) is 4.36. The molecule has 1 aliphatic rings. The first kappa shape index (κ1) is 32.2. The molecule has 0 bridgehead atoms. The van der Waals surface area contributed by atoms with Gasteiger partial charge in [0, 0.05) is 41.9 Å². The van der Waals surface area contributed by atoms with E-state index < -0.39 is 15.9 Å². The number of anilines is 1. The maximum atomic E-state index is 13.8. The first-order valence-corrected chi connectivity index (χ1v) is 15.7. The number of nitrogens with two attached hydrogens (primary N) is 1. The Morgan fingerprint density at radius 1 is 1.09 bits per heavy atom. The molecule has 2 amide bonds. The number of hydrogen-bond donors (Lipinski definition) is 4. The molecular formula is C31H33ClN6O5S. The van der Waals surface area contributed by atoms with Gasteiger partial charge in [-0.05, 0) is 42.3 Å². The van der Waals surface area contributed by atoms with Crippen molar-refractivity contribution in [1.29, 1.82) is 5.41 Å². The summed E-state index contributed by atoms with van der Waals surface area (Å²) in [5.41, 5.74) is 8.10. The second kappa shape index (κ2) is 14.7. The first-order chi connectivity index (χ1) is 21.1. The van der Waals surface area contributed by atoms with Crippen LogP contribution in [0.2, 0.25) is 5.02 Å². The van der Waals surface area contributed by atoms with Gasteiger partial charge in [-0.25, -0.2) is 8.42 Å². The summed E-state index contributed by atoms with van der Waals surface area (Å²) in [5.74, 6) is -1.04. The van der Waals surface area contributed by atoms with Crippen LogP contribution in [0.5, 0.6) is 5.75 Å². The van der Waals surface area contributed by atoms with E-state index in [1.165, 1.54) is 35.6 Å². The lowest BCUT2D eigenvalue weighted by Gasteiger charge is -2.26. The maximum Gasteiger partial charge on any atom is 0.257 e. The Hall–Kier alpha value is -4.68. The number of benzene rings is 3. The Kier molecular flexibility index (Phi) is 10.7. The third kappa shape index (κ3) is 8.68. The zero-order chi connectivity index (χ0) is 31.7. The Bertz CT molecular complexity index is 1710. The summed E-state index contributed by atoms with van der Waals surface area (Å²) in [6, 6.07) is 18.0. The van der Waals surface area contributed by atoms with Gasteiger partial charge in [0.25, 0.3) is 11.8 Å². The molecule has 230 valence electrons. The minimum atomic E-state index is -3.92. The molecule has 0 saturated carbocycles. The van der Waals surface area contributed by atoms with E-state index in [0.717, 1.165) is 6.42 Å². The third-order valence-corrected chi connectivity index (χ3v) is 8.57. The maximum absolute atomic E-state index is 13.8. The minimum Gasteiger partial charge on any atom is -0.483 e. The Morgan fingerprint density at radius 3 is 2.55 bits per heavy atom. The van der Waals surface area contributed by atoms with Gasteiger partial charge < -0.3 is 21.1 Å². The van der Waals surface area contributed by atoms with Crippen LogP contribution >= 0.6 is 11.6 Å². The average Bonchev–Trinajstić information content (AvgIpc) is 3.01. The smallest absolute Gasteiger partial charge is 0.257 e. The second-order valence-corrected chi connectivity index (χ2v) is 12.2. The Labute approximate surface area is 261 Å². The number of carbonyl (C=O) groups excluding carboxylic acids is 2. The van der Waals surface area contributed by atoms with Gasteiger partial charge in [0.2, 0.25) is 10.0 Å². The lowest BCUT2D eigenvalue weighted by Crippen LogP contribution is -2.37. The van der Waals surface area contributed by atoms with Crippen LogP contribution in [0.25, 0.3) is 0 Å². The molecular weight excluding hydrogens is 604 g/mol. The van der Waals surface area contributed by atoms with Crippen molar-refractivity contribution in [2.75, 3.05) is 31.0 Å². The standard InChI is InChI=1S/C31H33ClN6O5S/c1-35-29(39)19-43-28-15-22(30(33)34)10-11-23(28)17-37-31(40)24-13-25(32)16-27(14-24)38(18-26-9-5-6-12-36-26)44(41,42)20-21-7-3-2-4-8-21/h2-5,7-11,13-16H,6,12,17-20H2,1H3,(H3,33,34)(H,35,39)(H,37,40). The molecule has 3 aromatic carbocycles. The largest absolute Gasteiger partial charge is 0.483 e. The summed E-state index contributed by atoms with van der Waals surface area (Å²) in [6.45, 7) is 0.259. The summed E-state index contributed by atoms with van der Waals surface area (Å²) < 4.78 is 34.4. The molecule has 11 nitrogen and oxygen atoms in total. The lowest BCUT2D eigenvalue weighted by molar-refractivity contribution is -0.122. The summed E-state index contributed by atoms with van der Waals surface area (Å²) >= 11 is 6.43. The fraction of sp³-hybridized carbons (Fsp3) is 0.226. The van der Waals surface area contributed by atoms with Crippen molar-refractivity contribution in [2.24, 2.45) is 10.7 Å². The summed E-state index contributed by atoms with van der Waals surface area (Å²) in [4.78, 5) is 29.6. The molecule has 0 fully saturated rings. The number of aliphatic imine (C=N–C) groups is 1. The molecule has 1 heterocycles. The molecule has 5 N–H and O–H groups in total. The van der Waals surface area contributed by atoms with Crippen molar-refractivity contribution in [3.8, 4) is 5.75 Å². The van der Waals surface area contributed by atoms with Crippen molar-refractivity contribution in [1.82, 2.24) is 10.6 Å². The molecule has 0 saturated heterocycles. The van der Waals surface area contributed by atoms with E-state index in [0.29, 0.717) is 28.9 Å². The van der Waals surface area contributed by atoms with E-state index in [1.54, 1.807) is 42.5 Å². The third-order valence-electron chi connectivity index (χ3n) is 6.64. The van der Waals surface area contributed by atoms with E-state index >= 15 is 0 Å². The monoisotopic (exact) mass is 636 g/mol. The highest BCUT2D eigenvalue weighted by Gasteiger charge is 2.26. The number of amides is 2. The van der Waals surface area contributed by atoms with Crippen LogP contribution < -0.4 is 25.4 Å². The molecule has 0 aliphatic carbocycles. The van der Waals surface area contributed by atoms with Gasteiger partial charge in [-0.2, -0.15) is 0 Å². The normalized spacial score (nSPS) is 12.6. The number of amidine groups is 1. The molecule has 0 unspecified atom stereocenters. The predicted octanol–water partition coefficient (Wildman–Crippen LogP) is 3.42. The minimum absolute atomic E-state index is 0.000434. The van der Waals surface area contributed by atoms with Crippen LogP contribution in [0.3, 0.4) is 0 Å². The number of rotatable bonds is 13. The molecule has 13 heteroatoms. The predicted molar refractivity (Wildman–Crippen MR) is 172 cm³/mol. The van der Waals surface area contributed by atoms with Gasteiger partial charge in [-0.1, -0.05) is 60.1 Å². The molecule has 0 atom stereocenters. The van der Waals surface area contributed by atoms with Gasteiger partial charge in [0.05, 0.1) is 23.7 Å². The lowest BCUT2D eigenvalue weighted by atomic mass is 10.1. The average molecular weight is 637 g/mol. The van der Waals surface area contributed by atoms with Gasteiger partial charge in [0.1, 0.15) is 11.6 Å². The Morgan fingerprint density at radius 2 is 1.86 bits per heavy atom. The van der Waals surface area contributed by atoms with E-state index in [1.807, 2.05) is 12.1 Å². The number of hydrogen-bond acceptors (Lipinski definition) is 7. The Balaban J connectivity index is 1.60. The fourth-order valence-corrected chi connectivity index (χ4v) is 6.12. The van der Waals surface area contributed by atoms with Crippen molar-refractivity contribution in [2.45, 2.75) is 18.7 Å². The van der Waals surface area contributed by atoms with Crippen LogP contribution in [0, 0.1) is 5.41 Å². The van der Waals surface area contributed by atoms with Crippen molar-refractivity contribution >= 4 is 50.7 Å². The SMILES string of the molecule is CNC(=O)COc1cc(C(=N)N)ccc1CNC(=O)c1cc(Cl)cc(N(CC2=NCCC=C2)S(=O)(=O)Cc2ccccc2)c1. The molecule has 0 aromatic heterocycles. The number of sulfonamides is 1. The van der Waals surface area contributed by atoms with Crippen LogP contribution in [0.1, 0.15) is 33.5 Å². The summed E-state index contributed by atoms with van der Waals surface area (Å²) in [7, 11) is -2.45. The number of dihydropyridines is 1. The zero-order valence-electron chi connectivity index (χ0n) is 24.0. The van der Waals surface area contributed by atoms with Gasteiger partial charge in [0.15, 0.2) is 6.61 Å². The number of ether oxygens (including phenoxy) is 1. The van der Waals surface area contributed by atoms with E-state index in [2.05, 4.69) is 15.6 Å². The summed E-state index contributed by atoms with van der Waals surface area (Å²) in [6.07, 6.45) is 4.52. The van der Waals surface area contributed by atoms with Gasteiger partial charge >= 0.3 is 0 Å². The zero-order valence-corrected chi connectivity index (χ0v) is 25.6. The summed E-state index contributed by atoms with van der Waals surface area (Å²) in [5, 5.41) is 13.1. The highest BCUT2D eigenvalue weighted by Crippen LogP contribution is 2.27. The second-order valence-electron chi connectivity index (χ2n) is 9.89. The van der Waals surface area contributed by atoms with Crippen LogP contribution in [-0.2, 0) is 27.1 Å². The molecule has 1 aliphatic heterocycles. The van der Waals surface area contributed by atoms with Crippen LogP contribution in [0.4, 0.5) is 5.69 Å². The first-order valence-electron chi connectivity index (χ1n) is 13.7. The number of halogens is 1. The van der Waals surface area contributed by atoms with Crippen molar-refractivity contribution in [3.63, 3.8) is 0 Å². The van der Waals surface area contributed by atoms with Crippen LogP contribution in [0.15, 0.2) is 83.9 Å². The highest BCUT2D eigenvalue weighted by molar-refractivity contribution is 7.92. The number of likely N-dealkylation sites (N-methyl/N-ethyl adjacent to an activating group) is 1.